The third kappa shape index (κ3) is 4.91. The summed E-state index contributed by atoms with van der Waals surface area (Å²) in [6.45, 7) is 6.29. The second-order valence-corrected chi connectivity index (χ2v) is 7.17. The Bertz CT molecular complexity index is 698. The Morgan fingerprint density at radius 3 is 2.75 bits per heavy atom. The summed E-state index contributed by atoms with van der Waals surface area (Å²) in [4.78, 5) is 17.6. The fraction of sp³-hybridized carbons (Fsp3) is 0.524. The molecule has 0 aromatic heterocycles. The lowest BCUT2D eigenvalue weighted by molar-refractivity contribution is -0.132. The van der Waals surface area contributed by atoms with Gasteiger partial charge in [0.25, 0.3) is 5.91 Å². The number of piperidine rings is 1. The van der Waals surface area contributed by atoms with Gasteiger partial charge in [-0.2, -0.15) is 0 Å². The molecule has 0 bridgehead atoms. The minimum atomic E-state index is -0.981. The number of aliphatic imine (C=N–C) groups is 1. The van der Waals surface area contributed by atoms with Crippen LogP contribution in [-0.4, -0.2) is 60.4 Å². The van der Waals surface area contributed by atoms with Crippen LogP contribution in [0.4, 0.5) is 0 Å². The number of aliphatic hydroxyl groups is 1. The highest BCUT2D eigenvalue weighted by atomic mass is 16.5. The molecule has 2 aliphatic rings. The number of carbonyl (C=O) groups is 1. The summed E-state index contributed by atoms with van der Waals surface area (Å²) in [6, 6.07) is 7.39. The highest BCUT2D eigenvalue weighted by molar-refractivity contribution is 6.00. The molecule has 1 saturated heterocycles. The third-order valence-corrected chi connectivity index (χ3v) is 4.96. The van der Waals surface area contributed by atoms with Gasteiger partial charge in [0.2, 0.25) is 5.90 Å². The molecule has 7 heteroatoms. The highest BCUT2D eigenvalue weighted by Crippen LogP contribution is 2.27. The number of hydrogen-bond acceptors (Lipinski definition) is 6. The number of carbonyl (C=O) groups excluding carboxylic acids is 1. The molecule has 1 amide bonds. The van der Waals surface area contributed by atoms with Crippen LogP contribution in [0.3, 0.4) is 0 Å². The number of hydrogen-bond donors (Lipinski definition) is 2. The summed E-state index contributed by atoms with van der Waals surface area (Å²) in [6.07, 6.45) is 6.10. The summed E-state index contributed by atoms with van der Waals surface area (Å²) in [7, 11) is 0. The first-order valence-electron chi connectivity index (χ1n) is 9.90. The summed E-state index contributed by atoms with van der Waals surface area (Å²) >= 11 is 0. The summed E-state index contributed by atoms with van der Waals surface area (Å²) in [5, 5.41) is 10.8. The Morgan fingerprint density at radius 2 is 2.07 bits per heavy atom. The molecule has 7 nitrogen and oxygen atoms in total. The predicted octanol–water partition coefficient (Wildman–Crippen LogP) is 2.06. The third-order valence-electron chi connectivity index (χ3n) is 4.96. The van der Waals surface area contributed by atoms with Gasteiger partial charge in [-0.1, -0.05) is 12.5 Å². The van der Waals surface area contributed by atoms with E-state index in [0.29, 0.717) is 25.3 Å². The van der Waals surface area contributed by atoms with Crippen LogP contribution < -0.4 is 10.2 Å². The number of amides is 1. The molecule has 2 heterocycles. The minimum Gasteiger partial charge on any atom is -0.494 e. The van der Waals surface area contributed by atoms with Crippen molar-refractivity contribution in [3.63, 3.8) is 0 Å². The molecular weight excluding hydrogens is 358 g/mol. The van der Waals surface area contributed by atoms with E-state index in [9.17, 15) is 4.79 Å². The molecule has 3 rings (SSSR count). The standard InChI is InChI=1S/C21H29N3O4/c1-2-11-21(20(26)23-24-12-4-3-5-13-24)16-28-19(22-21)17-7-9-18(10-8-17)27-15-6-14-25/h2,7-10,25H,1,3-6,11-16H2,(H,23,26)/t21-/m0/s1. The molecule has 1 aromatic rings. The Kier molecular flexibility index (Phi) is 7.06. The van der Waals surface area contributed by atoms with Gasteiger partial charge in [0.15, 0.2) is 5.54 Å². The van der Waals surface area contributed by atoms with Crippen molar-refractivity contribution in [1.82, 2.24) is 10.4 Å². The van der Waals surface area contributed by atoms with Gasteiger partial charge in [0, 0.05) is 38.1 Å². The second-order valence-electron chi connectivity index (χ2n) is 7.17. The van der Waals surface area contributed by atoms with E-state index in [4.69, 9.17) is 14.6 Å². The summed E-state index contributed by atoms with van der Waals surface area (Å²) in [5.41, 5.74) is 2.83. The first-order chi connectivity index (χ1) is 13.7. The van der Waals surface area contributed by atoms with Crippen molar-refractivity contribution in [2.75, 3.05) is 32.9 Å². The van der Waals surface area contributed by atoms with Gasteiger partial charge in [-0.15, -0.1) is 6.58 Å². The van der Waals surface area contributed by atoms with Crippen molar-refractivity contribution in [3.8, 4) is 5.75 Å². The van der Waals surface area contributed by atoms with Crippen LogP contribution in [0.1, 0.15) is 37.7 Å². The Hall–Kier alpha value is -2.38. The van der Waals surface area contributed by atoms with Crippen LogP contribution in [0.2, 0.25) is 0 Å². The molecule has 0 aliphatic carbocycles. The molecule has 0 saturated carbocycles. The van der Waals surface area contributed by atoms with Crippen LogP contribution >= 0.6 is 0 Å². The van der Waals surface area contributed by atoms with E-state index >= 15 is 0 Å². The Labute approximate surface area is 166 Å². The number of ether oxygens (including phenoxy) is 2. The fourth-order valence-electron chi connectivity index (χ4n) is 3.35. The normalized spacial score (nSPS) is 22.2. The lowest BCUT2D eigenvalue weighted by atomic mass is 9.96. The Morgan fingerprint density at radius 1 is 1.32 bits per heavy atom. The topological polar surface area (TPSA) is 83.4 Å². The van der Waals surface area contributed by atoms with Crippen molar-refractivity contribution in [1.29, 1.82) is 0 Å². The largest absolute Gasteiger partial charge is 0.494 e. The zero-order chi connectivity index (χ0) is 19.8. The van der Waals surface area contributed by atoms with Gasteiger partial charge < -0.3 is 14.6 Å². The number of benzene rings is 1. The lowest BCUT2D eigenvalue weighted by Gasteiger charge is -2.30. The van der Waals surface area contributed by atoms with Gasteiger partial charge in [-0.05, 0) is 37.1 Å². The van der Waals surface area contributed by atoms with E-state index in [-0.39, 0.29) is 19.1 Å². The maximum atomic E-state index is 13.0. The van der Waals surface area contributed by atoms with E-state index in [0.717, 1.165) is 37.2 Å². The molecule has 2 aliphatic heterocycles. The van der Waals surface area contributed by atoms with Gasteiger partial charge in [0.1, 0.15) is 12.4 Å². The number of nitrogens with one attached hydrogen (secondary N) is 1. The van der Waals surface area contributed by atoms with Gasteiger partial charge in [-0.25, -0.2) is 10.0 Å². The quantitative estimate of drug-likeness (QED) is 0.501. The van der Waals surface area contributed by atoms with E-state index in [2.05, 4.69) is 17.0 Å². The highest BCUT2D eigenvalue weighted by Gasteiger charge is 2.44. The van der Waals surface area contributed by atoms with Crippen molar-refractivity contribution in [2.24, 2.45) is 4.99 Å². The van der Waals surface area contributed by atoms with Crippen molar-refractivity contribution >= 4 is 11.8 Å². The zero-order valence-corrected chi connectivity index (χ0v) is 16.2. The van der Waals surface area contributed by atoms with Crippen LogP contribution in [0, 0.1) is 0 Å². The first-order valence-corrected chi connectivity index (χ1v) is 9.90. The summed E-state index contributed by atoms with van der Waals surface area (Å²) < 4.78 is 11.3. The van der Waals surface area contributed by atoms with Crippen LogP contribution in [-0.2, 0) is 9.53 Å². The molecule has 152 valence electrons. The Balaban J connectivity index is 1.70. The monoisotopic (exact) mass is 387 g/mol. The van der Waals surface area contributed by atoms with E-state index in [1.54, 1.807) is 6.08 Å². The van der Waals surface area contributed by atoms with Crippen molar-refractivity contribution < 1.29 is 19.4 Å². The predicted molar refractivity (Wildman–Crippen MR) is 107 cm³/mol. The van der Waals surface area contributed by atoms with Crippen molar-refractivity contribution in [3.05, 3.63) is 42.5 Å². The number of rotatable bonds is 9. The molecule has 0 spiro atoms. The smallest absolute Gasteiger partial charge is 0.266 e. The molecule has 2 N–H and O–H groups in total. The van der Waals surface area contributed by atoms with Crippen molar-refractivity contribution in [2.45, 2.75) is 37.6 Å². The maximum Gasteiger partial charge on any atom is 0.266 e. The second kappa shape index (κ2) is 9.71. The number of aliphatic hydroxyl groups excluding tert-OH is 1. The average Bonchev–Trinajstić information content (AvgIpc) is 3.15. The van der Waals surface area contributed by atoms with Gasteiger partial charge in [0.05, 0.1) is 6.61 Å². The number of hydrazine groups is 1. The van der Waals surface area contributed by atoms with Crippen LogP contribution in [0.25, 0.3) is 0 Å². The zero-order valence-electron chi connectivity index (χ0n) is 16.2. The van der Waals surface area contributed by atoms with Crippen LogP contribution in [0.15, 0.2) is 41.9 Å². The lowest BCUT2D eigenvalue weighted by Crippen LogP contribution is -2.54. The molecule has 28 heavy (non-hydrogen) atoms. The van der Waals surface area contributed by atoms with E-state index in [1.165, 1.54) is 6.42 Å². The molecule has 1 aromatic carbocycles. The minimum absolute atomic E-state index is 0.105. The first kappa shape index (κ1) is 20.4. The molecule has 0 unspecified atom stereocenters. The molecule has 1 fully saturated rings. The summed E-state index contributed by atoms with van der Waals surface area (Å²) in [5.74, 6) is 1.03. The van der Waals surface area contributed by atoms with E-state index < -0.39 is 5.54 Å². The maximum absolute atomic E-state index is 13.0. The van der Waals surface area contributed by atoms with Gasteiger partial charge >= 0.3 is 0 Å². The SMILES string of the molecule is C=CC[C@@]1(C(=O)NN2CCCCC2)COC(c2ccc(OCCCO)cc2)=N1. The van der Waals surface area contributed by atoms with Crippen LogP contribution in [0.5, 0.6) is 5.75 Å². The fourth-order valence-corrected chi connectivity index (χ4v) is 3.35. The number of nitrogens with zero attached hydrogens (tertiary/aromatic N) is 2. The molecule has 0 radical (unpaired) electrons. The average molecular weight is 387 g/mol. The molecule has 1 atom stereocenters. The van der Waals surface area contributed by atoms with Gasteiger partial charge in [-0.3, -0.25) is 10.2 Å². The molecular formula is C21H29N3O4. The van der Waals surface area contributed by atoms with E-state index in [1.807, 2.05) is 29.3 Å².